The zero-order chi connectivity index (χ0) is 11.5. The third-order valence-corrected chi connectivity index (χ3v) is 3.25. The largest absolute Gasteiger partial charge is 0.385 e. The Morgan fingerprint density at radius 3 is 2.19 bits per heavy atom. The van der Waals surface area contributed by atoms with E-state index < -0.39 is 5.97 Å². The maximum atomic E-state index is 5.70. The van der Waals surface area contributed by atoms with Crippen molar-refractivity contribution in [2.45, 2.75) is 38.6 Å². The molecular weight excluding hydrogens is 208 g/mol. The molecule has 0 aromatic rings. The zero-order valence-corrected chi connectivity index (χ0v) is 10.3. The Labute approximate surface area is 97.2 Å². The predicted molar refractivity (Wildman–Crippen MR) is 59.0 cm³/mol. The molecule has 0 atom stereocenters. The Balaban J connectivity index is 1.69. The first-order valence-electron chi connectivity index (χ1n) is 6.09. The number of unbranched alkanes of at least 4 members (excludes halogenated alkanes) is 2. The average molecular weight is 230 g/mol. The first kappa shape index (κ1) is 12.3. The zero-order valence-electron chi connectivity index (χ0n) is 10.3. The van der Waals surface area contributed by atoms with Gasteiger partial charge >= 0.3 is 0 Å². The van der Waals surface area contributed by atoms with Gasteiger partial charge in [0, 0.05) is 25.6 Å². The predicted octanol–water partition coefficient (Wildman–Crippen LogP) is 1.93. The second-order valence-corrected chi connectivity index (χ2v) is 5.16. The monoisotopic (exact) mass is 230 g/mol. The highest BCUT2D eigenvalue weighted by molar-refractivity contribution is 4.84. The summed E-state index contributed by atoms with van der Waals surface area (Å²) in [4.78, 5) is 0. The third kappa shape index (κ3) is 2.74. The SMILES string of the molecule is COCCCCCC12OCC(C)(CO1)CO2. The van der Waals surface area contributed by atoms with Crippen LogP contribution in [0.15, 0.2) is 0 Å². The van der Waals surface area contributed by atoms with E-state index in [1.165, 1.54) is 0 Å². The van der Waals surface area contributed by atoms with Gasteiger partial charge in [-0.2, -0.15) is 0 Å². The van der Waals surface area contributed by atoms with Crippen molar-refractivity contribution in [1.29, 1.82) is 0 Å². The summed E-state index contributed by atoms with van der Waals surface area (Å²) in [6.45, 7) is 5.23. The van der Waals surface area contributed by atoms with Gasteiger partial charge in [-0.05, 0) is 12.8 Å². The van der Waals surface area contributed by atoms with Crippen LogP contribution in [-0.2, 0) is 18.9 Å². The third-order valence-electron chi connectivity index (χ3n) is 3.25. The Hall–Kier alpha value is -0.160. The molecule has 0 saturated carbocycles. The van der Waals surface area contributed by atoms with Gasteiger partial charge in [-0.1, -0.05) is 13.3 Å². The molecule has 0 aliphatic carbocycles. The molecule has 0 spiro atoms. The molecule has 4 heteroatoms. The van der Waals surface area contributed by atoms with Crippen LogP contribution in [0.2, 0.25) is 0 Å². The maximum Gasteiger partial charge on any atom is 0.282 e. The average Bonchev–Trinajstić information content (AvgIpc) is 2.31. The summed E-state index contributed by atoms with van der Waals surface area (Å²) in [5, 5.41) is 0. The van der Waals surface area contributed by atoms with Crippen LogP contribution in [0.25, 0.3) is 0 Å². The lowest BCUT2D eigenvalue weighted by molar-refractivity contribution is -0.467. The molecule has 0 aromatic heterocycles. The van der Waals surface area contributed by atoms with Gasteiger partial charge in [0.1, 0.15) is 0 Å². The van der Waals surface area contributed by atoms with Gasteiger partial charge in [0.2, 0.25) is 0 Å². The molecule has 0 unspecified atom stereocenters. The highest BCUT2D eigenvalue weighted by Gasteiger charge is 2.49. The fraction of sp³-hybridized carbons (Fsp3) is 1.00. The number of hydrogen-bond acceptors (Lipinski definition) is 4. The molecule has 3 aliphatic rings. The molecule has 2 bridgehead atoms. The topological polar surface area (TPSA) is 36.9 Å². The first-order valence-corrected chi connectivity index (χ1v) is 6.09. The molecule has 0 amide bonds. The van der Waals surface area contributed by atoms with Gasteiger partial charge in [0.05, 0.1) is 19.8 Å². The van der Waals surface area contributed by atoms with Crippen molar-refractivity contribution in [3.8, 4) is 0 Å². The van der Waals surface area contributed by atoms with Gasteiger partial charge < -0.3 is 18.9 Å². The van der Waals surface area contributed by atoms with Crippen LogP contribution >= 0.6 is 0 Å². The van der Waals surface area contributed by atoms with Crippen molar-refractivity contribution in [1.82, 2.24) is 0 Å². The lowest BCUT2D eigenvalue weighted by Crippen LogP contribution is -2.58. The van der Waals surface area contributed by atoms with Crippen molar-refractivity contribution in [3.63, 3.8) is 0 Å². The van der Waals surface area contributed by atoms with Crippen molar-refractivity contribution in [2.75, 3.05) is 33.5 Å². The number of methoxy groups -OCH3 is 1. The Morgan fingerprint density at radius 1 is 1.00 bits per heavy atom. The fourth-order valence-corrected chi connectivity index (χ4v) is 2.08. The lowest BCUT2D eigenvalue weighted by Gasteiger charge is -2.50. The molecule has 0 radical (unpaired) electrons. The molecule has 0 aromatic carbocycles. The van der Waals surface area contributed by atoms with Crippen molar-refractivity contribution < 1.29 is 18.9 Å². The van der Waals surface area contributed by atoms with Gasteiger partial charge in [-0.3, -0.25) is 0 Å². The van der Waals surface area contributed by atoms with E-state index in [2.05, 4.69) is 6.92 Å². The minimum absolute atomic E-state index is 0.0673. The normalized spacial score (nSPS) is 37.9. The van der Waals surface area contributed by atoms with Gasteiger partial charge in [0.15, 0.2) is 0 Å². The second-order valence-electron chi connectivity index (χ2n) is 5.16. The molecule has 0 N–H and O–H groups in total. The summed E-state index contributed by atoms with van der Waals surface area (Å²) in [6, 6.07) is 0. The summed E-state index contributed by atoms with van der Waals surface area (Å²) in [5.41, 5.74) is 0.0673. The standard InChI is InChI=1S/C12H22O4/c1-11-8-14-12(15-9-11,16-10-11)6-4-3-5-7-13-2/h3-10H2,1-2H3. The van der Waals surface area contributed by atoms with Crippen LogP contribution in [-0.4, -0.2) is 39.5 Å². The highest BCUT2D eigenvalue weighted by Crippen LogP contribution is 2.40. The Morgan fingerprint density at radius 2 is 1.62 bits per heavy atom. The maximum absolute atomic E-state index is 5.70. The van der Waals surface area contributed by atoms with Crippen LogP contribution in [0, 0.1) is 5.41 Å². The van der Waals surface area contributed by atoms with Crippen LogP contribution in [0.1, 0.15) is 32.6 Å². The van der Waals surface area contributed by atoms with Gasteiger partial charge in [0.25, 0.3) is 5.97 Å². The number of ether oxygens (including phenoxy) is 4. The fourth-order valence-electron chi connectivity index (χ4n) is 2.08. The Bertz CT molecular complexity index is 205. The molecule has 3 heterocycles. The van der Waals surface area contributed by atoms with Gasteiger partial charge in [-0.25, -0.2) is 0 Å². The number of rotatable bonds is 6. The second kappa shape index (κ2) is 5.00. The molecule has 4 nitrogen and oxygen atoms in total. The summed E-state index contributed by atoms with van der Waals surface area (Å²) in [5.74, 6) is -0.731. The Kier molecular flexibility index (Phi) is 3.85. The molecule has 3 fully saturated rings. The van der Waals surface area contributed by atoms with Crippen LogP contribution < -0.4 is 0 Å². The summed E-state index contributed by atoms with van der Waals surface area (Å²) < 4.78 is 22.1. The van der Waals surface area contributed by atoms with E-state index in [4.69, 9.17) is 18.9 Å². The number of hydrogen-bond donors (Lipinski definition) is 0. The molecule has 16 heavy (non-hydrogen) atoms. The van der Waals surface area contributed by atoms with Crippen LogP contribution in [0.5, 0.6) is 0 Å². The first-order chi connectivity index (χ1) is 7.68. The van der Waals surface area contributed by atoms with E-state index in [9.17, 15) is 0 Å². The van der Waals surface area contributed by atoms with Crippen molar-refractivity contribution in [2.24, 2.45) is 5.41 Å². The van der Waals surface area contributed by atoms with Crippen LogP contribution in [0.4, 0.5) is 0 Å². The van der Waals surface area contributed by atoms with E-state index in [1.807, 2.05) is 0 Å². The number of fused-ring (bicyclic) bond motifs is 3. The highest BCUT2D eigenvalue weighted by atomic mass is 16.9. The van der Waals surface area contributed by atoms with E-state index >= 15 is 0 Å². The van der Waals surface area contributed by atoms with E-state index in [1.54, 1.807) is 7.11 Å². The lowest BCUT2D eigenvalue weighted by atomic mass is 9.91. The summed E-state index contributed by atoms with van der Waals surface area (Å²) in [7, 11) is 1.73. The summed E-state index contributed by atoms with van der Waals surface area (Å²) >= 11 is 0. The molecule has 3 rings (SSSR count). The smallest absolute Gasteiger partial charge is 0.282 e. The minimum atomic E-state index is -0.731. The van der Waals surface area contributed by atoms with Gasteiger partial charge in [-0.15, -0.1) is 0 Å². The molecule has 3 aliphatic heterocycles. The van der Waals surface area contributed by atoms with Crippen molar-refractivity contribution in [3.05, 3.63) is 0 Å². The van der Waals surface area contributed by atoms with E-state index in [-0.39, 0.29) is 5.41 Å². The quantitative estimate of drug-likeness (QED) is 0.653. The van der Waals surface area contributed by atoms with Crippen LogP contribution in [0.3, 0.4) is 0 Å². The summed E-state index contributed by atoms with van der Waals surface area (Å²) in [6.07, 6.45) is 4.10. The minimum Gasteiger partial charge on any atom is -0.385 e. The molecular formula is C12H22O4. The van der Waals surface area contributed by atoms with Crippen molar-refractivity contribution >= 4 is 0 Å². The van der Waals surface area contributed by atoms with E-state index in [0.29, 0.717) is 0 Å². The molecule has 3 saturated heterocycles. The van der Waals surface area contributed by atoms with E-state index in [0.717, 1.165) is 52.1 Å². The molecule has 94 valence electrons.